The summed E-state index contributed by atoms with van der Waals surface area (Å²) in [4.78, 5) is 0. The van der Waals surface area contributed by atoms with Gasteiger partial charge in [-0.15, -0.1) is 0 Å². The van der Waals surface area contributed by atoms with Gasteiger partial charge >= 0.3 is 6.18 Å². The van der Waals surface area contributed by atoms with Crippen LogP contribution in [0.5, 0.6) is 0 Å². The number of halogens is 3. The molecule has 1 rings (SSSR count). The quantitative estimate of drug-likeness (QED) is 0.619. The van der Waals surface area contributed by atoms with Gasteiger partial charge in [-0.25, -0.2) is 0 Å². The van der Waals surface area contributed by atoms with Crippen molar-refractivity contribution in [2.75, 3.05) is 6.54 Å². The Labute approximate surface area is 119 Å². The van der Waals surface area contributed by atoms with Gasteiger partial charge in [-0.2, -0.15) is 13.2 Å². The lowest BCUT2D eigenvalue weighted by Crippen LogP contribution is -2.15. The van der Waals surface area contributed by atoms with Crippen molar-refractivity contribution < 1.29 is 13.2 Å². The molecule has 0 spiro atoms. The van der Waals surface area contributed by atoms with E-state index < -0.39 is 11.7 Å². The zero-order valence-electron chi connectivity index (χ0n) is 12.1. The molecule has 0 atom stereocenters. The molecule has 0 aliphatic heterocycles. The molecular formula is C16H24F3N. The first-order chi connectivity index (χ1) is 9.54. The van der Waals surface area contributed by atoms with Gasteiger partial charge in [-0.3, -0.25) is 0 Å². The van der Waals surface area contributed by atoms with Crippen LogP contribution < -0.4 is 5.32 Å². The van der Waals surface area contributed by atoms with Crippen molar-refractivity contribution in [2.45, 2.75) is 58.2 Å². The Morgan fingerprint density at radius 1 is 0.900 bits per heavy atom. The molecular weight excluding hydrogens is 263 g/mol. The molecule has 1 nitrogen and oxygen atoms in total. The van der Waals surface area contributed by atoms with E-state index >= 15 is 0 Å². The highest BCUT2D eigenvalue weighted by atomic mass is 19.4. The Bertz CT molecular complexity index is 357. The molecule has 0 amide bonds. The van der Waals surface area contributed by atoms with E-state index in [1.165, 1.54) is 44.2 Å². The van der Waals surface area contributed by atoms with E-state index in [4.69, 9.17) is 0 Å². The lowest BCUT2D eigenvalue weighted by molar-refractivity contribution is -0.137. The molecule has 0 saturated carbocycles. The number of unbranched alkanes of at least 4 members (excludes halogenated alkanes) is 5. The van der Waals surface area contributed by atoms with E-state index in [1.54, 1.807) is 0 Å². The predicted molar refractivity (Wildman–Crippen MR) is 76.5 cm³/mol. The van der Waals surface area contributed by atoms with Gasteiger partial charge in [0.2, 0.25) is 0 Å². The number of hydrogen-bond donors (Lipinski definition) is 1. The summed E-state index contributed by atoms with van der Waals surface area (Å²) in [6.45, 7) is 3.76. The van der Waals surface area contributed by atoms with Crippen LogP contribution in [0.25, 0.3) is 0 Å². The van der Waals surface area contributed by atoms with Crippen LogP contribution in [-0.2, 0) is 12.7 Å². The Morgan fingerprint density at radius 3 is 2.10 bits per heavy atom. The first-order valence-corrected chi connectivity index (χ1v) is 7.41. The fourth-order valence-electron chi connectivity index (χ4n) is 2.07. The molecule has 0 radical (unpaired) electrons. The molecule has 0 aliphatic rings. The van der Waals surface area contributed by atoms with Gasteiger partial charge in [-0.05, 0) is 30.7 Å². The van der Waals surface area contributed by atoms with Gasteiger partial charge < -0.3 is 5.32 Å². The highest BCUT2D eigenvalue weighted by molar-refractivity contribution is 5.24. The maximum Gasteiger partial charge on any atom is 0.416 e. The largest absolute Gasteiger partial charge is 0.416 e. The fraction of sp³-hybridized carbons (Fsp3) is 0.625. The SMILES string of the molecule is CCCCCCCCNCc1ccc(C(F)(F)F)cc1. The molecule has 114 valence electrons. The molecule has 1 aromatic rings. The summed E-state index contributed by atoms with van der Waals surface area (Å²) in [5, 5.41) is 3.27. The molecule has 1 aromatic carbocycles. The van der Waals surface area contributed by atoms with Crippen molar-refractivity contribution in [1.29, 1.82) is 0 Å². The van der Waals surface area contributed by atoms with Crippen molar-refractivity contribution in [3.63, 3.8) is 0 Å². The lowest BCUT2D eigenvalue weighted by atomic mass is 10.1. The molecule has 0 heterocycles. The van der Waals surface area contributed by atoms with Gasteiger partial charge in [0, 0.05) is 6.54 Å². The minimum absolute atomic E-state index is 0.586. The first kappa shape index (κ1) is 17.0. The minimum atomic E-state index is -4.25. The van der Waals surface area contributed by atoms with E-state index in [0.29, 0.717) is 6.54 Å². The summed E-state index contributed by atoms with van der Waals surface area (Å²) in [5.41, 5.74) is 0.307. The van der Waals surface area contributed by atoms with E-state index in [-0.39, 0.29) is 0 Å². The summed E-state index contributed by atoms with van der Waals surface area (Å²) in [6, 6.07) is 5.36. The van der Waals surface area contributed by atoms with Crippen molar-refractivity contribution in [3.05, 3.63) is 35.4 Å². The van der Waals surface area contributed by atoms with Gasteiger partial charge in [0.25, 0.3) is 0 Å². The maximum absolute atomic E-state index is 12.4. The van der Waals surface area contributed by atoms with E-state index in [9.17, 15) is 13.2 Å². The van der Waals surface area contributed by atoms with Crippen LogP contribution in [0, 0.1) is 0 Å². The van der Waals surface area contributed by atoms with Crippen molar-refractivity contribution in [1.82, 2.24) is 5.32 Å². The molecule has 20 heavy (non-hydrogen) atoms. The van der Waals surface area contributed by atoms with E-state index in [1.807, 2.05) is 0 Å². The number of rotatable bonds is 9. The Kier molecular flexibility index (Phi) is 7.67. The topological polar surface area (TPSA) is 12.0 Å². The van der Waals surface area contributed by atoms with Crippen LogP contribution in [0.3, 0.4) is 0 Å². The molecule has 4 heteroatoms. The summed E-state index contributed by atoms with van der Waals surface area (Å²) in [5.74, 6) is 0. The van der Waals surface area contributed by atoms with Crippen LogP contribution in [0.4, 0.5) is 13.2 Å². The van der Waals surface area contributed by atoms with Gasteiger partial charge in [0.1, 0.15) is 0 Å². The summed E-state index contributed by atoms with van der Waals surface area (Å²) in [6.07, 6.45) is 3.24. The van der Waals surface area contributed by atoms with Crippen LogP contribution in [-0.4, -0.2) is 6.54 Å². The highest BCUT2D eigenvalue weighted by Crippen LogP contribution is 2.28. The Balaban J connectivity index is 2.13. The summed E-state index contributed by atoms with van der Waals surface area (Å²) < 4.78 is 37.2. The second-order valence-electron chi connectivity index (χ2n) is 5.14. The van der Waals surface area contributed by atoms with Crippen molar-refractivity contribution in [2.24, 2.45) is 0 Å². The normalized spacial score (nSPS) is 11.8. The number of nitrogens with one attached hydrogen (secondary N) is 1. The average Bonchev–Trinajstić information content (AvgIpc) is 2.41. The van der Waals surface area contributed by atoms with Crippen molar-refractivity contribution in [3.8, 4) is 0 Å². The number of alkyl halides is 3. The molecule has 0 aromatic heterocycles. The summed E-state index contributed by atoms with van der Waals surface area (Å²) in [7, 11) is 0. The Morgan fingerprint density at radius 2 is 1.50 bits per heavy atom. The van der Waals surface area contributed by atoms with Gasteiger partial charge in [0.15, 0.2) is 0 Å². The first-order valence-electron chi connectivity index (χ1n) is 7.41. The molecule has 0 bridgehead atoms. The highest BCUT2D eigenvalue weighted by Gasteiger charge is 2.29. The smallest absolute Gasteiger partial charge is 0.313 e. The minimum Gasteiger partial charge on any atom is -0.313 e. The third-order valence-electron chi connectivity index (χ3n) is 3.32. The van der Waals surface area contributed by atoms with Gasteiger partial charge in [0.05, 0.1) is 5.56 Å². The molecule has 1 N–H and O–H groups in total. The Hall–Kier alpha value is -1.03. The third kappa shape index (κ3) is 6.94. The van der Waals surface area contributed by atoms with Crippen LogP contribution in [0.2, 0.25) is 0 Å². The molecule has 0 fully saturated rings. The van der Waals surface area contributed by atoms with Crippen LogP contribution in [0.1, 0.15) is 56.6 Å². The van der Waals surface area contributed by atoms with E-state index in [0.717, 1.165) is 30.7 Å². The van der Waals surface area contributed by atoms with Gasteiger partial charge in [-0.1, -0.05) is 51.2 Å². The third-order valence-corrected chi connectivity index (χ3v) is 3.32. The zero-order valence-corrected chi connectivity index (χ0v) is 12.1. The molecule has 0 saturated heterocycles. The van der Waals surface area contributed by atoms with E-state index in [2.05, 4.69) is 12.2 Å². The number of benzene rings is 1. The second kappa shape index (κ2) is 9.01. The predicted octanol–water partition coefficient (Wildman–Crippen LogP) is 5.16. The fourth-order valence-corrected chi connectivity index (χ4v) is 2.07. The summed E-state index contributed by atoms with van der Waals surface area (Å²) >= 11 is 0. The van der Waals surface area contributed by atoms with Crippen molar-refractivity contribution >= 4 is 0 Å². The zero-order chi connectivity index (χ0) is 14.8. The molecule has 0 aliphatic carbocycles. The average molecular weight is 287 g/mol. The maximum atomic E-state index is 12.4. The lowest BCUT2D eigenvalue weighted by Gasteiger charge is -2.08. The van der Waals surface area contributed by atoms with Crippen LogP contribution in [0.15, 0.2) is 24.3 Å². The molecule has 0 unspecified atom stereocenters. The monoisotopic (exact) mass is 287 g/mol. The standard InChI is InChI=1S/C16H24F3N/c1-2-3-4-5-6-7-12-20-13-14-8-10-15(11-9-14)16(17,18)19/h8-11,20H,2-7,12-13H2,1H3. The van der Waals surface area contributed by atoms with Crippen LogP contribution >= 0.6 is 0 Å². The second-order valence-corrected chi connectivity index (χ2v) is 5.14. The number of hydrogen-bond acceptors (Lipinski definition) is 1.